The first-order valence-corrected chi connectivity index (χ1v) is 31.0. The summed E-state index contributed by atoms with van der Waals surface area (Å²) in [7, 11) is 2.52. The fraction of sp³-hybridized carbons (Fsp3) is 0.667. The van der Waals surface area contributed by atoms with Crippen LogP contribution in [0.3, 0.4) is 0 Å². The van der Waals surface area contributed by atoms with E-state index in [1.54, 1.807) is 6.20 Å². The number of aromatic nitrogens is 3. The highest BCUT2D eigenvalue weighted by Crippen LogP contribution is 2.36. The van der Waals surface area contributed by atoms with Crippen molar-refractivity contribution in [3.63, 3.8) is 0 Å². The van der Waals surface area contributed by atoms with Crippen molar-refractivity contribution >= 4 is 88.6 Å². The van der Waals surface area contributed by atoms with Crippen molar-refractivity contribution in [3.8, 4) is 0 Å². The first kappa shape index (κ1) is 66.2. The molecule has 14 N–H and O–H groups in total. The van der Waals surface area contributed by atoms with E-state index in [-0.39, 0.29) is 137 Å². The van der Waals surface area contributed by atoms with Gasteiger partial charge in [0.2, 0.25) is 17.7 Å². The highest BCUT2D eigenvalue weighted by Gasteiger charge is 2.41. The number of nitrogens with two attached hydrogens (primary N) is 2. The van der Waals surface area contributed by atoms with E-state index in [0.717, 1.165) is 37.2 Å². The lowest BCUT2D eigenvalue weighted by Crippen LogP contribution is -2.41. The topological polar surface area (TPSA) is 400 Å². The zero-order valence-electron chi connectivity index (χ0n) is 48.0. The minimum atomic E-state index is -0.862. The number of thioether (sulfide) groups is 2. The van der Waals surface area contributed by atoms with E-state index in [0.29, 0.717) is 79.6 Å². The second-order valence-electron chi connectivity index (χ2n) is 20.8. The Morgan fingerprint density at radius 3 is 1.61 bits per heavy atom. The molecule has 28 nitrogen and oxygen atoms in total. The molecule has 5 heterocycles. The van der Waals surface area contributed by atoms with Crippen LogP contribution < -0.4 is 59.3 Å². The Labute approximate surface area is 497 Å². The van der Waals surface area contributed by atoms with Gasteiger partial charge in [0.1, 0.15) is 12.1 Å². The standard InChI is InChI=1S/C54H84N16O12S2/c1-79-50(76)37(63-44(72)15-5-3-13-41-46-39(31-83-41)65-52(55)67-46)11-7-9-19-58-48(74)33-27-34(29-36(28-33)62-54(78)60-22-24-82-26-25-81-23-21-57-43(71)18-17-35-30-61-70-69-35)49(75)59-20-10-8-12-38(51(77)80-2)64-45(73)16-6-4-14-42-47-40(32-84-42)66-53(56)68-47/h27-30,37-42,46-47H,3-26,31-32H2,1-2H3,(H,57,71)(H,58,74)(H,59,75)(H,63,72)(H,64,73)(H3,55,65,67)(H3,56,66,68)(H2,60,62,78)(H,61,69,70)/t37-,38-,39-,40-,41-,42-,46-,47-/m0/s1. The number of rotatable bonds is 39. The average molecular weight is 1210 g/mol. The molecule has 0 saturated carbocycles. The van der Waals surface area contributed by atoms with Crippen LogP contribution in [0.25, 0.3) is 0 Å². The molecule has 2 fully saturated rings. The summed E-state index contributed by atoms with van der Waals surface area (Å²) in [4.78, 5) is 112. The number of unbranched alkanes of at least 4 members (excludes halogenated alkanes) is 4. The summed E-state index contributed by atoms with van der Waals surface area (Å²) in [6.07, 6.45) is 9.94. The van der Waals surface area contributed by atoms with E-state index < -0.39 is 41.9 Å². The number of ether oxygens (including phenoxy) is 4. The van der Waals surface area contributed by atoms with Gasteiger partial charge in [-0.1, -0.05) is 12.8 Å². The number of aryl methyl sites for hydroxylation is 1. The molecule has 0 aliphatic carbocycles. The monoisotopic (exact) mass is 1210 g/mol. The molecule has 464 valence electrons. The number of H-pyrrole nitrogens is 1. The van der Waals surface area contributed by atoms with Crippen molar-refractivity contribution < 1.29 is 57.3 Å². The van der Waals surface area contributed by atoms with Crippen LogP contribution in [0, 0.1) is 0 Å². The van der Waals surface area contributed by atoms with Crippen molar-refractivity contribution in [2.75, 3.05) is 83.6 Å². The quantitative estimate of drug-likeness (QED) is 0.0320. The second kappa shape index (κ2) is 36.0. The molecule has 0 radical (unpaired) electrons. The fourth-order valence-electron chi connectivity index (χ4n) is 10.0. The predicted octanol–water partition coefficient (Wildman–Crippen LogP) is 0.486. The zero-order valence-corrected chi connectivity index (χ0v) is 49.6. The number of fused-ring (bicyclic) bond motifs is 2. The normalized spacial score (nSPS) is 19.9. The molecule has 0 bridgehead atoms. The van der Waals surface area contributed by atoms with E-state index >= 15 is 0 Å². The van der Waals surface area contributed by atoms with Gasteiger partial charge in [0.05, 0.1) is 76.7 Å². The van der Waals surface area contributed by atoms with Crippen molar-refractivity contribution in [1.82, 2.24) is 57.9 Å². The van der Waals surface area contributed by atoms with E-state index in [4.69, 9.17) is 30.4 Å². The molecule has 4 aliphatic rings. The summed E-state index contributed by atoms with van der Waals surface area (Å²) < 4.78 is 21.0. The van der Waals surface area contributed by atoms with Crippen molar-refractivity contribution in [2.45, 2.75) is 149 Å². The number of esters is 2. The van der Waals surface area contributed by atoms with E-state index in [1.165, 1.54) is 32.4 Å². The number of nitrogens with zero attached hydrogens (tertiary/aromatic N) is 4. The Kier molecular flexibility index (Phi) is 28.4. The fourth-order valence-corrected chi connectivity index (χ4v) is 13.1. The smallest absolute Gasteiger partial charge is 0.328 e. The molecule has 7 amide bonds. The lowest BCUT2D eigenvalue weighted by atomic mass is 10.0. The second-order valence-corrected chi connectivity index (χ2v) is 23.3. The van der Waals surface area contributed by atoms with Crippen LogP contribution in [0.5, 0.6) is 0 Å². The van der Waals surface area contributed by atoms with Crippen LogP contribution >= 0.6 is 23.5 Å². The Morgan fingerprint density at radius 2 is 1.12 bits per heavy atom. The van der Waals surface area contributed by atoms with Gasteiger partial charge in [-0.25, -0.2) is 24.4 Å². The number of anilines is 1. The lowest BCUT2D eigenvalue weighted by Gasteiger charge is -2.17. The van der Waals surface area contributed by atoms with Crippen LogP contribution in [0.4, 0.5) is 10.5 Å². The molecular formula is C54H84N16O12S2. The first-order valence-electron chi connectivity index (χ1n) is 28.9. The summed E-state index contributed by atoms with van der Waals surface area (Å²) in [5, 5.41) is 36.7. The summed E-state index contributed by atoms with van der Waals surface area (Å²) >= 11 is 3.73. The van der Waals surface area contributed by atoms with Gasteiger partial charge in [-0.2, -0.15) is 38.9 Å². The number of guanidine groups is 2. The highest BCUT2D eigenvalue weighted by molar-refractivity contribution is 8.00. The van der Waals surface area contributed by atoms with Gasteiger partial charge in [0.25, 0.3) is 11.8 Å². The number of amides is 7. The van der Waals surface area contributed by atoms with Crippen LogP contribution in [0.2, 0.25) is 0 Å². The van der Waals surface area contributed by atoms with E-state index in [1.807, 2.05) is 23.5 Å². The first-order chi connectivity index (χ1) is 40.7. The summed E-state index contributed by atoms with van der Waals surface area (Å²) in [6, 6.07) is 2.75. The molecule has 0 spiro atoms. The maximum absolute atomic E-state index is 13.6. The van der Waals surface area contributed by atoms with Crippen molar-refractivity contribution in [2.24, 2.45) is 21.5 Å². The molecular weight excluding hydrogens is 1130 g/mol. The number of hydrogen-bond acceptors (Lipinski definition) is 22. The SMILES string of the molecule is COC(=O)[C@H](CCCCNC(=O)c1cc(NC(=O)NCCOCCOCCNC(=O)CCc2cn[nH]n2)cc(C(=O)NCCCC[C@H](NC(=O)CCCC[C@@H]2SC[C@@H]3NC(N)=N[C@@H]32)C(=O)OC)c1)NC(=O)CCCC[C@@H]1SC[C@@H]2NC(N)=N[C@@H]21. The molecule has 2 saturated heterocycles. The van der Waals surface area contributed by atoms with Gasteiger partial charge in [-0.3, -0.25) is 24.0 Å². The lowest BCUT2D eigenvalue weighted by molar-refractivity contribution is -0.145. The molecule has 1 aromatic heterocycles. The van der Waals surface area contributed by atoms with Gasteiger partial charge in [-0.05, 0) is 82.4 Å². The number of benzene rings is 1. The molecule has 2 aromatic rings. The zero-order chi connectivity index (χ0) is 60.1. The largest absolute Gasteiger partial charge is 0.467 e. The maximum atomic E-state index is 13.6. The van der Waals surface area contributed by atoms with E-state index in [9.17, 15) is 38.4 Å². The average Bonchev–Trinajstić information content (AvgIpc) is 4.01. The van der Waals surface area contributed by atoms with Gasteiger partial charge < -0.3 is 78.3 Å². The van der Waals surface area contributed by atoms with Crippen LogP contribution in [-0.4, -0.2) is 200 Å². The minimum Gasteiger partial charge on any atom is -0.467 e. The number of methoxy groups -OCH3 is 2. The molecule has 30 heteroatoms. The predicted molar refractivity (Wildman–Crippen MR) is 317 cm³/mol. The van der Waals surface area contributed by atoms with Crippen LogP contribution in [0.1, 0.15) is 123 Å². The third kappa shape index (κ3) is 22.9. The Morgan fingerprint density at radius 1 is 0.607 bits per heavy atom. The number of urea groups is 1. The summed E-state index contributed by atoms with van der Waals surface area (Å²) in [5.74, 6) is 0.0273. The van der Waals surface area contributed by atoms with Gasteiger partial charge in [0, 0.05) is 90.7 Å². The highest BCUT2D eigenvalue weighted by atomic mass is 32.2. The van der Waals surface area contributed by atoms with Crippen LogP contribution in [-0.2, 0) is 49.3 Å². The Balaban J connectivity index is 0.920. The van der Waals surface area contributed by atoms with Gasteiger partial charge >= 0.3 is 18.0 Å². The van der Waals surface area contributed by atoms with Crippen LogP contribution in [0.15, 0.2) is 34.4 Å². The molecule has 8 atom stereocenters. The number of aliphatic imine (C=N–C) groups is 2. The number of aromatic amines is 1. The molecule has 6 rings (SSSR count). The molecule has 1 aromatic carbocycles. The maximum Gasteiger partial charge on any atom is 0.328 e. The number of hydrogen-bond donors (Lipinski definition) is 12. The third-order valence-corrected chi connectivity index (χ3v) is 17.4. The van der Waals surface area contributed by atoms with E-state index in [2.05, 4.69) is 73.2 Å². The summed E-state index contributed by atoms with van der Waals surface area (Å²) in [5.41, 5.74) is 12.7. The van der Waals surface area contributed by atoms with Gasteiger partial charge in [-0.15, -0.1) is 0 Å². The minimum absolute atomic E-state index is 0.0865. The number of carbonyl (C=O) groups excluding carboxylic acids is 8. The molecule has 0 unspecified atom stereocenters. The third-order valence-electron chi connectivity index (χ3n) is 14.4. The molecule has 4 aliphatic heterocycles. The summed E-state index contributed by atoms with van der Waals surface area (Å²) in [6.45, 7) is 1.79. The van der Waals surface area contributed by atoms with Crippen molar-refractivity contribution in [3.05, 3.63) is 41.2 Å². The number of nitrogens with one attached hydrogen (secondary N) is 10. The Bertz CT molecular complexity index is 2420. The number of carbonyl (C=O) groups is 8. The molecule has 84 heavy (non-hydrogen) atoms. The Hall–Kier alpha value is -6.92. The van der Waals surface area contributed by atoms with Crippen molar-refractivity contribution in [1.29, 1.82) is 0 Å². The van der Waals surface area contributed by atoms with Gasteiger partial charge in [0.15, 0.2) is 11.9 Å².